The van der Waals surface area contributed by atoms with Crippen molar-refractivity contribution in [1.82, 2.24) is 4.90 Å². The van der Waals surface area contributed by atoms with Crippen molar-refractivity contribution in [3.05, 3.63) is 70.8 Å². The van der Waals surface area contributed by atoms with Gasteiger partial charge in [0.1, 0.15) is 5.84 Å². The highest BCUT2D eigenvalue weighted by molar-refractivity contribution is 6.06. The first kappa shape index (κ1) is 22.9. The molecule has 2 aromatic rings. The topological polar surface area (TPSA) is 53.4 Å². The molecule has 2 spiro atoms. The minimum Gasteiger partial charge on any atom is -0.381 e. The SMILES string of the molecule is CCC1CC(=N)N(C)C(=O)C12c1cc(C#Cc3ccccc3)ccc1CC21CCC(OC)CC1. The number of hydrogen-bond acceptors (Lipinski definition) is 3. The number of methoxy groups -OCH3 is 1. The summed E-state index contributed by atoms with van der Waals surface area (Å²) in [5, 5.41) is 8.52. The molecule has 5 rings (SSSR count). The van der Waals surface area contributed by atoms with E-state index in [1.54, 1.807) is 19.1 Å². The normalized spacial score (nSPS) is 30.4. The largest absolute Gasteiger partial charge is 0.381 e. The molecule has 4 heteroatoms. The van der Waals surface area contributed by atoms with Crippen molar-refractivity contribution in [1.29, 1.82) is 5.41 Å². The van der Waals surface area contributed by atoms with Crippen molar-refractivity contribution < 1.29 is 9.53 Å². The maximum atomic E-state index is 14.3. The van der Waals surface area contributed by atoms with Crippen molar-refractivity contribution in [3.63, 3.8) is 0 Å². The van der Waals surface area contributed by atoms with Crippen molar-refractivity contribution in [2.75, 3.05) is 14.2 Å². The van der Waals surface area contributed by atoms with Gasteiger partial charge in [0.05, 0.1) is 11.5 Å². The number of amides is 1. The summed E-state index contributed by atoms with van der Waals surface area (Å²) in [6.07, 6.45) is 6.66. The average molecular weight is 455 g/mol. The van der Waals surface area contributed by atoms with Crippen LogP contribution in [0.25, 0.3) is 0 Å². The third kappa shape index (κ3) is 3.33. The van der Waals surface area contributed by atoms with Crippen LogP contribution >= 0.6 is 0 Å². The highest BCUT2D eigenvalue weighted by Gasteiger charge is 2.67. The van der Waals surface area contributed by atoms with Crippen LogP contribution in [0.2, 0.25) is 0 Å². The molecule has 4 nitrogen and oxygen atoms in total. The lowest BCUT2D eigenvalue weighted by Gasteiger charge is -2.56. The summed E-state index contributed by atoms with van der Waals surface area (Å²) in [6.45, 7) is 2.18. The van der Waals surface area contributed by atoms with E-state index in [1.807, 2.05) is 30.3 Å². The lowest BCUT2D eigenvalue weighted by Crippen LogP contribution is -2.64. The van der Waals surface area contributed by atoms with Gasteiger partial charge < -0.3 is 9.64 Å². The quantitative estimate of drug-likeness (QED) is 0.625. The number of carbonyl (C=O) groups excluding carboxylic acids is 1. The van der Waals surface area contributed by atoms with E-state index in [-0.39, 0.29) is 23.3 Å². The second-order valence-corrected chi connectivity index (χ2v) is 10.3. The molecule has 1 N–H and O–H groups in total. The zero-order chi connectivity index (χ0) is 23.9. The number of nitrogens with one attached hydrogen (secondary N) is 1. The third-order valence-corrected chi connectivity index (χ3v) is 8.84. The maximum Gasteiger partial charge on any atom is 0.239 e. The predicted octanol–water partition coefficient (Wildman–Crippen LogP) is 5.32. The second-order valence-electron chi connectivity index (χ2n) is 10.3. The van der Waals surface area contributed by atoms with Gasteiger partial charge in [-0.05, 0) is 78.8 Å². The summed E-state index contributed by atoms with van der Waals surface area (Å²) in [6, 6.07) is 16.6. The van der Waals surface area contributed by atoms with Crippen molar-refractivity contribution in [2.24, 2.45) is 11.3 Å². The fourth-order valence-electron chi connectivity index (χ4n) is 7.11. The number of likely N-dealkylation sites (tertiary alicyclic amines) is 1. The molecule has 2 aliphatic carbocycles. The Bertz CT molecular complexity index is 1170. The van der Waals surface area contributed by atoms with Gasteiger partial charge in [0.25, 0.3) is 0 Å². The van der Waals surface area contributed by atoms with Gasteiger partial charge in [0.15, 0.2) is 0 Å². The Kier molecular flexibility index (Phi) is 5.86. The Balaban J connectivity index is 1.66. The van der Waals surface area contributed by atoms with Crippen LogP contribution in [0.1, 0.15) is 67.7 Å². The third-order valence-electron chi connectivity index (χ3n) is 8.84. The van der Waals surface area contributed by atoms with E-state index in [2.05, 4.69) is 37.0 Å². The molecule has 1 heterocycles. The lowest BCUT2D eigenvalue weighted by atomic mass is 9.49. The molecule has 2 atom stereocenters. The fourth-order valence-corrected chi connectivity index (χ4v) is 7.11. The van der Waals surface area contributed by atoms with Gasteiger partial charge in [-0.2, -0.15) is 0 Å². The van der Waals surface area contributed by atoms with Gasteiger partial charge >= 0.3 is 0 Å². The Hall–Kier alpha value is -2.90. The molecule has 1 saturated heterocycles. The molecule has 2 aromatic carbocycles. The standard InChI is InChI=1S/C30H34N2O2/c1-4-24-19-27(31)32(2)28(33)30(24)26-18-22(11-10-21-8-6-5-7-9-21)12-13-23(26)20-29(30)16-14-25(34-3)15-17-29/h5-9,12-13,18,24-25,31H,4,14-17,19-20H2,1-3H3. The van der Waals surface area contributed by atoms with Gasteiger partial charge in [-0.15, -0.1) is 0 Å². The number of rotatable bonds is 2. The molecular formula is C30H34N2O2. The molecule has 176 valence electrons. The van der Waals surface area contributed by atoms with Crippen molar-refractivity contribution in [2.45, 2.75) is 63.4 Å². The van der Waals surface area contributed by atoms with Gasteiger partial charge in [-0.3, -0.25) is 10.2 Å². The maximum absolute atomic E-state index is 14.3. The van der Waals surface area contributed by atoms with Crippen LogP contribution in [-0.4, -0.2) is 36.9 Å². The number of fused-ring (bicyclic) bond motifs is 3. The van der Waals surface area contributed by atoms with Gasteiger partial charge in [0, 0.05) is 31.7 Å². The van der Waals surface area contributed by atoms with E-state index in [4.69, 9.17) is 10.1 Å². The number of nitrogens with zero attached hydrogens (tertiary/aromatic N) is 1. The van der Waals surface area contributed by atoms with Crippen LogP contribution in [0.5, 0.6) is 0 Å². The number of benzene rings is 2. The van der Waals surface area contributed by atoms with E-state index in [0.29, 0.717) is 12.3 Å². The molecule has 0 bridgehead atoms. The summed E-state index contributed by atoms with van der Waals surface area (Å²) in [7, 11) is 3.60. The molecule has 1 aliphatic heterocycles. The Labute approximate surface area is 203 Å². The monoisotopic (exact) mass is 454 g/mol. The van der Waals surface area contributed by atoms with Crippen LogP contribution in [0.3, 0.4) is 0 Å². The zero-order valence-corrected chi connectivity index (χ0v) is 20.5. The summed E-state index contributed by atoms with van der Waals surface area (Å²) in [4.78, 5) is 16.0. The second kappa shape index (κ2) is 8.71. The summed E-state index contributed by atoms with van der Waals surface area (Å²) >= 11 is 0. The summed E-state index contributed by atoms with van der Waals surface area (Å²) < 4.78 is 5.71. The van der Waals surface area contributed by atoms with Gasteiger partial charge in [-0.25, -0.2) is 0 Å². The Morgan fingerprint density at radius 1 is 1.09 bits per heavy atom. The van der Waals surface area contributed by atoms with E-state index in [1.165, 1.54) is 11.1 Å². The van der Waals surface area contributed by atoms with E-state index in [9.17, 15) is 4.79 Å². The number of piperidine rings is 1. The molecule has 3 aliphatic rings. The number of ether oxygens (including phenoxy) is 1. The Morgan fingerprint density at radius 3 is 2.47 bits per heavy atom. The van der Waals surface area contributed by atoms with Crippen LogP contribution in [0.4, 0.5) is 0 Å². The van der Waals surface area contributed by atoms with Crippen molar-refractivity contribution in [3.8, 4) is 11.8 Å². The molecule has 1 saturated carbocycles. The van der Waals surface area contributed by atoms with Gasteiger partial charge in [0.2, 0.25) is 5.91 Å². The summed E-state index contributed by atoms with van der Waals surface area (Å²) in [5.74, 6) is 7.31. The number of likely N-dealkylation sites (N-methyl/N-ethyl adjacent to an activating group) is 1. The minimum atomic E-state index is -0.598. The van der Waals surface area contributed by atoms with E-state index < -0.39 is 5.41 Å². The van der Waals surface area contributed by atoms with Crippen LogP contribution in [-0.2, 0) is 21.4 Å². The molecule has 0 radical (unpaired) electrons. The molecule has 2 fully saturated rings. The lowest BCUT2D eigenvalue weighted by molar-refractivity contribution is -0.147. The first-order chi connectivity index (χ1) is 16.4. The number of hydrogen-bond donors (Lipinski definition) is 1. The van der Waals surface area contributed by atoms with E-state index >= 15 is 0 Å². The zero-order valence-electron chi connectivity index (χ0n) is 20.5. The first-order valence-corrected chi connectivity index (χ1v) is 12.5. The molecule has 2 unspecified atom stereocenters. The van der Waals surface area contributed by atoms with Crippen LogP contribution < -0.4 is 0 Å². The molecular weight excluding hydrogens is 420 g/mol. The Morgan fingerprint density at radius 2 is 1.79 bits per heavy atom. The predicted molar refractivity (Wildman–Crippen MR) is 135 cm³/mol. The average Bonchev–Trinajstić information content (AvgIpc) is 3.14. The molecule has 0 aromatic heterocycles. The smallest absolute Gasteiger partial charge is 0.239 e. The van der Waals surface area contributed by atoms with Crippen LogP contribution in [0.15, 0.2) is 48.5 Å². The highest BCUT2D eigenvalue weighted by Crippen LogP contribution is 2.65. The number of carbonyl (C=O) groups is 1. The fraction of sp³-hybridized carbons (Fsp3) is 0.467. The summed E-state index contributed by atoms with van der Waals surface area (Å²) in [5.41, 5.74) is 3.67. The van der Waals surface area contributed by atoms with Gasteiger partial charge in [-0.1, -0.05) is 49.5 Å². The minimum absolute atomic E-state index is 0.110. The number of amidine groups is 1. The van der Waals surface area contributed by atoms with E-state index in [0.717, 1.165) is 49.7 Å². The van der Waals surface area contributed by atoms with Crippen molar-refractivity contribution >= 4 is 11.7 Å². The highest BCUT2D eigenvalue weighted by atomic mass is 16.5. The van der Waals surface area contributed by atoms with Crippen LogP contribution in [0, 0.1) is 28.6 Å². The first-order valence-electron chi connectivity index (χ1n) is 12.5. The molecule has 34 heavy (non-hydrogen) atoms. The molecule has 1 amide bonds.